The van der Waals surface area contributed by atoms with Gasteiger partial charge in [0.15, 0.2) is 0 Å². The Kier molecular flexibility index (Phi) is 4.26. The second-order valence-electron chi connectivity index (χ2n) is 4.37. The van der Waals surface area contributed by atoms with E-state index in [0.717, 1.165) is 16.8 Å². The summed E-state index contributed by atoms with van der Waals surface area (Å²) in [6, 6.07) is 12.5. The molecule has 0 aliphatic rings. The Balaban J connectivity index is 1.97. The zero-order valence-electron chi connectivity index (χ0n) is 10.8. The Labute approximate surface area is 112 Å². The van der Waals surface area contributed by atoms with Crippen molar-refractivity contribution < 1.29 is 4.79 Å². The van der Waals surface area contributed by atoms with Crippen LogP contribution in [-0.4, -0.2) is 10.9 Å². The van der Waals surface area contributed by atoms with E-state index >= 15 is 0 Å². The van der Waals surface area contributed by atoms with Gasteiger partial charge in [-0.25, -0.2) is 0 Å². The number of amides is 1. The number of carbonyl (C=O) groups is 1. The van der Waals surface area contributed by atoms with E-state index < -0.39 is 6.04 Å². The van der Waals surface area contributed by atoms with Crippen LogP contribution in [-0.2, 0) is 11.3 Å². The highest BCUT2D eigenvalue weighted by Crippen LogP contribution is 2.10. The fourth-order valence-electron chi connectivity index (χ4n) is 1.80. The third-order valence-corrected chi connectivity index (χ3v) is 2.99. The molecule has 0 bridgehead atoms. The van der Waals surface area contributed by atoms with Crippen LogP contribution in [0.4, 0.5) is 0 Å². The van der Waals surface area contributed by atoms with Crippen molar-refractivity contribution in [1.29, 1.82) is 0 Å². The molecule has 1 aromatic heterocycles. The van der Waals surface area contributed by atoms with E-state index in [1.807, 2.05) is 49.4 Å². The summed E-state index contributed by atoms with van der Waals surface area (Å²) in [6.07, 6.45) is 1.71. The first-order valence-electron chi connectivity index (χ1n) is 6.17. The van der Waals surface area contributed by atoms with E-state index in [4.69, 9.17) is 5.73 Å². The number of pyridine rings is 1. The molecule has 2 rings (SSSR count). The average Bonchev–Trinajstić information content (AvgIpc) is 2.46. The zero-order chi connectivity index (χ0) is 13.7. The molecule has 98 valence electrons. The molecule has 3 N–H and O–H groups in total. The van der Waals surface area contributed by atoms with Crippen LogP contribution in [0.5, 0.6) is 0 Å². The number of carbonyl (C=O) groups excluding carboxylic acids is 1. The highest BCUT2D eigenvalue weighted by Gasteiger charge is 2.15. The van der Waals surface area contributed by atoms with E-state index in [-0.39, 0.29) is 5.91 Å². The predicted molar refractivity (Wildman–Crippen MR) is 74.2 cm³/mol. The molecular formula is C15H17N3O. The number of rotatable bonds is 4. The van der Waals surface area contributed by atoms with Gasteiger partial charge in [0.2, 0.25) is 5.91 Å². The number of aromatic nitrogens is 1. The van der Waals surface area contributed by atoms with Gasteiger partial charge in [-0.05, 0) is 24.1 Å². The second kappa shape index (κ2) is 6.11. The SMILES string of the molecule is Cc1cccnc1CNC(=O)[C@@H](N)c1ccccc1. The van der Waals surface area contributed by atoms with E-state index in [1.165, 1.54) is 0 Å². The van der Waals surface area contributed by atoms with Gasteiger partial charge < -0.3 is 11.1 Å². The van der Waals surface area contributed by atoms with Gasteiger partial charge in [-0.2, -0.15) is 0 Å². The van der Waals surface area contributed by atoms with Gasteiger partial charge in [0.1, 0.15) is 6.04 Å². The molecule has 1 heterocycles. The normalized spacial score (nSPS) is 11.9. The fraction of sp³-hybridized carbons (Fsp3) is 0.200. The van der Waals surface area contributed by atoms with E-state index in [9.17, 15) is 4.79 Å². The standard InChI is InChI=1S/C15H17N3O/c1-11-6-5-9-17-13(11)10-18-15(19)14(16)12-7-3-2-4-8-12/h2-9,14H,10,16H2,1H3,(H,18,19)/t14-/m0/s1. The Morgan fingerprint density at radius 3 is 2.68 bits per heavy atom. The molecule has 0 aliphatic heterocycles. The van der Waals surface area contributed by atoms with Crippen molar-refractivity contribution in [1.82, 2.24) is 10.3 Å². The Bertz CT molecular complexity index is 554. The lowest BCUT2D eigenvalue weighted by Crippen LogP contribution is -2.34. The predicted octanol–water partition coefficient (Wildman–Crippen LogP) is 1.71. The third kappa shape index (κ3) is 3.39. The van der Waals surface area contributed by atoms with E-state index in [1.54, 1.807) is 6.20 Å². The summed E-state index contributed by atoms with van der Waals surface area (Å²) < 4.78 is 0. The maximum absolute atomic E-state index is 12.0. The summed E-state index contributed by atoms with van der Waals surface area (Å²) in [5.74, 6) is -0.198. The summed E-state index contributed by atoms with van der Waals surface area (Å²) in [7, 11) is 0. The number of nitrogens with one attached hydrogen (secondary N) is 1. The van der Waals surface area contributed by atoms with Crippen LogP contribution in [0.2, 0.25) is 0 Å². The Morgan fingerprint density at radius 2 is 2.00 bits per heavy atom. The second-order valence-corrected chi connectivity index (χ2v) is 4.37. The summed E-state index contributed by atoms with van der Waals surface area (Å²) in [6.45, 7) is 2.36. The number of hydrogen-bond donors (Lipinski definition) is 2. The topological polar surface area (TPSA) is 68.0 Å². The van der Waals surface area contributed by atoms with Crippen molar-refractivity contribution in [2.75, 3.05) is 0 Å². The molecule has 0 spiro atoms. The molecule has 0 radical (unpaired) electrons. The molecule has 2 aromatic rings. The van der Waals surface area contributed by atoms with E-state index in [2.05, 4.69) is 10.3 Å². The first-order valence-corrected chi connectivity index (χ1v) is 6.17. The fourth-order valence-corrected chi connectivity index (χ4v) is 1.80. The van der Waals surface area contributed by atoms with Crippen molar-refractivity contribution in [2.45, 2.75) is 19.5 Å². The molecule has 19 heavy (non-hydrogen) atoms. The Hall–Kier alpha value is -2.20. The zero-order valence-corrected chi connectivity index (χ0v) is 10.8. The van der Waals surface area contributed by atoms with Crippen LogP contribution >= 0.6 is 0 Å². The molecule has 0 fully saturated rings. The van der Waals surface area contributed by atoms with Gasteiger partial charge in [-0.3, -0.25) is 9.78 Å². The van der Waals surface area contributed by atoms with Crippen LogP contribution in [0.25, 0.3) is 0 Å². The highest BCUT2D eigenvalue weighted by molar-refractivity contribution is 5.82. The molecule has 0 saturated carbocycles. The average molecular weight is 255 g/mol. The monoisotopic (exact) mass is 255 g/mol. The van der Waals surface area contributed by atoms with Crippen LogP contribution in [0.15, 0.2) is 48.7 Å². The minimum atomic E-state index is -0.648. The van der Waals surface area contributed by atoms with Crippen molar-refractivity contribution >= 4 is 5.91 Å². The van der Waals surface area contributed by atoms with Crippen LogP contribution in [0.1, 0.15) is 22.9 Å². The summed E-state index contributed by atoms with van der Waals surface area (Å²) in [5, 5.41) is 2.81. The maximum atomic E-state index is 12.0. The Morgan fingerprint density at radius 1 is 1.26 bits per heavy atom. The molecule has 1 amide bonds. The molecule has 4 heteroatoms. The van der Waals surface area contributed by atoms with Crippen LogP contribution in [0, 0.1) is 6.92 Å². The van der Waals surface area contributed by atoms with Gasteiger partial charge in [-0.1, -0.05) is 36.4 Å². The number of benzene rings is 1. The first-order chi connectivity index (χ1) is 9.18. The first kappa shape index (κ1) is 13.2. The smallest absolute Gasteiger partial charge is 0.241 e. The van der Waals surface area contributed by atoms with Gasteiger partial charge in [0.25, 0.3) is 0 Å². The largest absolute Gasteiger partial charge is 0.349 e. The van der Waals surface area contributed by atoms with Crippen molar-refractivity contribution in [3.63, 3.8) is 0 Å². The lowest BCUT2D eigenvalue weighted by Gasteiger charge is -2.13. The molecule has 1 atom stereocenters. The quantitative estimate of drug-likeness (QED) is 0.873. The lowest BCUT2D eigenvalue weighted by molar-refractivity contribution is -0.122. The number of nitrogens with zero attached hydrogens (tertiary/aromatic N) is 1. The molecule has 0 aliphatic carbocycles. The van der Waals surface area contributed by atoms with E-state index in [0.29, 0.717) is 6.54 Å². The van der Waals surface area contributed by atoms with Crippen LogP contribution < -0.4 is 11.1 Å². The van der Waals surface area contributed by atoms with Gasteiger partial charge in [0.05, 0.1) is 12.2 Å². The highest BCUT2D eigenvalue weighted by atomic mass is 16.2. The molecule has 4 nitrogen and oxygen atoms in total. The number of hydrogen-bond acceptors (Lipinski definition) is 3. The van der Waals surface area contributed by atoms with Gasteiger partial charge in [0, 0.05) is 6.20 Å². The number of aryl methyl sites for hydroxylation is 1. The lowest BCUT2D eigenvalue weighted by atomic mass is 10.1. The molecular weight excluding hydrogens is 238 g/mol. The summed E-state index contributed by atoms with van der Waals surface area (Å²) in [4.78, 5) is 16.2. The minimum absolute atomic E-state index is 0.198. The molecule has 1 aromatic carbocycles. The third-order valence-electron chi connectivity index (χ3n) is 2.99. The minimum Gasteiger partial charge on any atom is -0.349 e. The molecule has 0 unspecified atom stereocenters. The van der Waals surface area contributed by atoms with Gasteiger partial charge in [-0.15, -0.1) is 0 Å². The summed E-state index contributed by atoms with van der Waals surface area (Å²) >= 11 is 0. The van der Waals surface area contributed by atoms with Crippen molar-refractivity contribution in [2.24, 2.45) is 5.73 Å². The molecule has 0 saturated heterocycles. The van der Waals surface area contributed by atoms with Gasteiger partial charge >= 0.3 is 0 Å². The van der Waals surface area contributed by atoms with Crippen molar-refractivity contribution in [3.05, 3.63) is 65.5 Å². The maximum Gasteiger partial charge on any atom is 0.241 e. The van der Waals surface area contributed by atoms with Crippen molar-refractivity contribution in [3.8, 4) is 0 Å². The van der Waals surface area contributed by atoms with Crippen LogP contribution in [0.3, 0.4) is 0 Å². The number of nitrogens with two attached hydrogens (primary N) is 1. The summed E-state index contributed by atoms with van der Waals surface area (Å²) in [5.41, 5.74) is 8.62.